The summed E-state index contributed by atoms with van der Waals surface area (Å²) in [5.41, 5.74) is 7.28. The smallest absolute Gasteiger partial charge is 0.125 e. The summed E-state index contributed by atoms with van der Waals surface area (Å²) in [6.45, 7) is 9.25. The van der Waals surface area contributed by atoms with Crippen LogP contribution >= 0.6 is 0 Å². The monoisotopic (exact) mass is 320 g/mol. The van der Waals surface area contributed by atoms with Crippen molar-refractivity contribution in [1.29, 1.82) is 0 Å². The Morgan fingerprint density at radius 3 is 2.58 bits per heavy atom. The van der Waals surface area contributed by atoms with Crippen LogP contribution in [-0.2, 0) is 6.42 Å². The minimum Gasteiger partial charge on any atom is -0.385 e. The molecular weight excluding hydrogens is 299 g/mol. The van der Waals surface area contributed by atoms with Crippen molar-refractivity contribution < 1.29 is 4.39 Å². The lowest BCUT2D eigenvalue weighted by Crippen LogP contribution is -2.12. The van der Waals surface area contributed by atoms with Gasteiger partial charge in [-0.25, -0.2) is 4.39 Å². The van der Waals surface area contributed by atoms with Crippen LogP contribution in [0.5, 0.6) is 0 Å². The maximum atomic E-state index is 14.0. The van der Waals surface area contributed by atoms with Gasteiger partial charge >= 0.3 is 0 Å². The molecule has 4 rings (SSSR count). The maximum absolute atomic E-state index is 14.0. The van der Waals surface area contributed by atoms with Crippen molar-refractivity contribution in [2.75, 3.05) is 6.54 Å². The lowest BCUT2D eigenvalue weighted by molar-refractivity contribution is 0.629. The van der Waals surface area contributed by atoms with E-state index in [9.17, 15) is 4.39 Å². The Morgan fingerprint density at radius 1 is 1.12 bits per heavy atom. The van der Waals surface area contributed by atoms with E-state index in [1.807, 2.05) is 0 Å². The molecule has 0 amide bonds. The van der Waals surface area contributed by atoms with Crippen LogP contribution in [0, 0.1) is 5.82 Å². The van der Waals surface area contributed by atoms with Gasteiger partial charge in [-0.2, -0.15) is 0 Å². The van der Waals surface area contributed by atoms with Gasteiger partial charge in [0, 0.05) is 34.4 Å². The molecule has 122 valence electrons. The molecule has 3 heteroatoms. The minimum absolute atomic E-state index is 0.239. The molecule has 0 atom stereocenters. The minimum atomic E-state index is -0.239. The van der Waals surface area contributed by atoms with E-state index in [4.69, 9.17) is 0 Å². The zero-order valence-corrected chi connectivity index (χ0v) is 14.0. The first-order valence-corrected chi connectivity index (χ1v) is 8.42. The fourth-order valence-corrected chi connectivity index (χ4v) is 3.57. The quantitative estimate of drug-likeness (QED) is 0.666. The van der Waals surface area contributed by atoms with Gasteiger partial charge in [0.2, 0.25) is 0 Å². The van der Waals surface area contributed by atoms with Gasteiger partial charge in [0.05, 0.1) is 0 Å². The number of H-pyrrole nitrogens is 1. The highest BCUT2D eigenvalue weighted by atomic mass is 19.1. The van der Waals surface area contributed by atoms with Crippen molar-refractivity contribution >= 4 is 16.6 Å². The molecule has 0 fully saturated rings. The molecule has 24 heavy (non-hydrogen) atoms. The van der Waals surface area contributed by atoms with Crippen molar-refractivity contribution in [2.24, 2.45) is 0 Å². The molecule has 1 aliphatic rings. The Morgan fingerprint density at radius 2 is 1.88 bits per heavy atom. The molecule has 0 spiro atoms. The average Bonchev–Trinajstić information content (AvgIpc) is 2.83. The third-order valence-corrected chi connectivity index (χ3v) is 4.87. The van der Waals surface area contributed by atoms with Crippen LogP contribution in [-0.4, -0.2) is 11.5 Å². The van der Waals surface area contributed by atoms with Crippen molar-refractivity contribution in [3.05, 3.63) is 65.5 Å². The van der Waals surface area contributed by atoms with Gasteiger partial charge in [0.25, 0.3) is 0 Å². The van der Waals surface area contributed by atoms with Gasteiger partial charge in [-0.3, -0.25) is 0 Å². The number of benzene rings is 2. The Hall–Kier alpha value is -2.55. The lowest BCUT2D eigenvalue weighted by Gasteiger charge is -2.08. The summed E-state index contributed by atoms with van der Waals surface area (Å²) >= 11 is 0. The SMILES string of the molecule is C=C1NCCc2c(-c3ccc(C(C)C)cc3)[nH]c3cc(F)cc1c23. The summed E-state index contributed by atoms with van der Waals surface area (Å²) in [5.74, 6) is 0.272. The zero-order valence-electron chi connectivity index (χ0n) is 14.0. The maximum Gasteiger partial charge on any atom is 0.125 e. The number of rotatable bonds is 2. The first-order valence-electron chi connectivity index (χ1n) is 8.42. The van der Waals surface area contributed by atoms with E-state index in [0.29, 0.717) is 5.92 Å². The molecule has 1 aromatic heterocycles. The Balaban J connectivity index is 1.95. The van der Waals surface area contributed by atoms with Gasteiger partial charge in [0.15, 0.2) is 0 Å². The van der Waals surface area contributed by atoms with Crippen molar-refractivity contribution in [2.45, 2.75) is 26.2 Å². The van der Waals surface area contributed by atoms with Gasteiger partial charge in [-0.15, -0.1) is 0 Å². The summed E-state index contributed by atoms with van der Waals surface area (Å²) in [4.78, 5) is 3.44. The topological polar surface area (TPSA) is 27.8 Å². The Bertz CT molecular complexity index is 933. The van der Waals surface area contributed by atoms with Crippen LogP contribution in [0.3, 0.4) is 0 Å². The fraction of sp³-hybridized carbons (Fsp3) is 0.238. The molecule has 0 unspecified atom stereocenters. The third kappa shape index (κ3) is 2.32. The van der Waals surface area contributed by atoms with Crippen LogP contribution in [0.15, 0.2) is 43.0 Å². The highest BCUT2D eigenvalue weighted by Crippen LogP contribution is 2.37. The highest BCUT2D eigenvalue weighted by molar-refractivity contribution is 5.99. The molecule has 0 radical (unpaired) electrons. The number of hydrogen-bond acceptors (Lipinski definition) is 1. The predicted molar refractivity (Wildman–Crippen MR) is 98.5 cm³/mol. The normalized spacial score (nSPS) is 14.1. The molecule has 0 saturated carbocycles. The van der Waals surface area contributed by atoms with E-state index < -0.39 is 0 Å². The van der Waals surface area contributed by atoms with Gasteiger partial charge < -0.3 is 10.3 Å². The molecular formula is C21H21FN2. The van der Waals surface area contributed by atoms with Crippen LogP contribution in [0.25, 0.3) is 27.9 Å². The summed E-state index contributed by atoms with van der Waals surface area (Å²) in [5, 5.41) is 4.38. The van der Waals surface area contributed by atoms with Crippen LogP contribution in [0.2, 0.25) is 0 Å². The summed E-state index contributed by atoms with van der Waals surface area (Å²) in [6, 6.07) is 11.8. The molecule has 0 bridgehead atoms. The summed E-state index contributed by atoms with van der Waals surface area (Å²) < 4.78 is 14.0. The van der Waals surface area contributed by atoms with E-state index in [0.717, 1.165) is 46.4 Å². The second kappa shape index (κ2) is 5.52. The Labute approximate surface area is 141 Å². The molecule has 2 N–H and O–H groups in total. The first kappa shape index (κ1) is 15.0. The van der Waals surface area contributed by atoms with E-state index >= 15 is 0 Å². The standard InChI is InChI=1S/C21H21FN2/c1-12(2)14-4-6-15(7-5-14)21-17-8-9-23-13(3)18-10-16(22)11-19(24-21)20(17)18/h4-7,10-12,23-24H,3,8-9H2,1-2H3. The molecule has 2 nitrogen and oxygen atoms in total. The molecule has 0 aliphatic carbocycles. The number of hydrogen-bond donors (Lipinski definition) is 2. The molecule has 2 heterocycles. The molecule has 1 aliphatic heterocycles. The average molecular weight is 320 g/mol. The van der Waals surface area contributed by atoms with Crippen LogP contribution in [0.4, 0.5) is 4.39 Å². The second-order valence-corrected chi connectivity index (χ2v) is 6.79. The van der Waals surface area contributed by atoms with Crippen molar-refractivity contribution in [3.8, 4) is 11.3 Å². The first-order chi connectivity index (χ1) is 11.5. The summed E-state index contributed by atoms with van der Waals surface area (Å²) in [6.07, 6.45) is 0.888. The number of nitrogens with one attached hydrogen (secondary N) is 2. The lowest BCUT2D eigenvalue weighted by atomic mass is 9.97. The highest BCUT2D eigenvalue weighted by Gasteiger charge is 2.21. The van der Waals surface area contributed by atoms with Gasteiger partial charge in [0.1, 0.15) is 5.82 Å². The van der Waals surface area contributed by atoms with E-state index in [1.165, 1.54) is 11.1 Å². The van der Waals surface area contributed by atoms with Crippen LogP contribution < -0.4 is 5.32 Å². The predicted octanol–water partition coefficient (Wildman–Crippen LogP) is 5.21. The Kier molecular flexibility index (Phi) is 3.45. The van der Waals surface area contributed by atoms with Gasteiger partial charge in [-0.1, -0.05) is 44.7 Å². The third-order valence-electron chi connectivity index (χ3n) is 4.87. The largest absolute Gasteiger partial charge is 0.385 e. The van der Waals surface area contributed by atoms with Crippen LogP contribution in [0.1, 0.15) is 36.5 Å². The fourth-order valence-electron chi connectivity index (χ4n) is 3.57. The number of aromatic nitrogens is 1. The summed E-state index contributed by atoms with van der Waals surface area (Å²) in [7, 11) is 0. The number of aromatic amines is 1. The molecule has 0 saturated heterocycles. The van der Waals surface area contributed by atoms with Crippen molar-refractivity contribution in [1.82, 2.24) is 10.3 Å². The molecule has 3 aromatic rings. The molecule has 2 aromatic carbocycles. The number of halogens is 1. The van der Waals surface area contributed by atoms with E-state index in [2.05, 4.69) is 55.0 Å². The van der Waals surface area contributed by atoms with Gasteiger partial charge in [-0.05, 0) is 41.2 Å². The second-order valence-electron chi connectivity index (χ2n) is 6.79. The van der Waals surface area contributed by atoms with E-state index in [1.54, 1.807) is 12.1 Å². The van der Waals surface area contributed by atoms with E-state index in [-0.39, 0.29) is 5.82 Å². The van der Waals surface area contributed by atoms with Crippen molar-refractivity contribution in [3.63, 3.8) is 0 Å². The zero-order chi connectivity index (χ0) is 16.8.